The highest BCUT2D eigenvalue weighted by molar-refractivity contribution is 5.80. The van der Waals surface area contributed by atoms with Crippen LogP contribution in [0.3, 0.4) is 0 Å². The lowest BCUT2D eigenvalue weighted by atomic mass is 10.2. The molecule has 13 nitrogen and oxygen atoms in total. The topological polar surface area (TPSA) is 228 Å². The first-order valence-electron chi connectivity index (χ1n) is 9.03. The van der Waals surface area contributed by atoms with Gasteiger partial charge in [0.05, 0.1) is 46.1 Å². The van der Waals surface area contributed by atoms with Gasteiger partial charge >= 0.3 is 11.9 Å². The molecule has 176 valence electrons. The van der Waals surface area contributed by atoms with Crippen LogP contribution in [0, 0.1) is 0 Å². The fraction of sp³-hybridized carbons (Fsp3) is 0.875. The highest BCUT2D eigenvalue weighted by atomic mass is 16.4. The molecule has 0 aliphatic rings. The van der Waals surface area contributed by atoms with Crippen LogP contribution >= 0.6 is 0 Å². The van der Waals surface area contributed by atoms with Crippen molar-refractivity contribution in [1.29, 1.82) is 0 Å². The highest BCUT2D eigenvalue weighted by Crippen LogP contribution is 1.86. The smallest absolute Gasteiger partial charge is 0.321 e. The van der Waals surface area contributed by atoms with Gasteiger partial charge in [-0.25, -0.2) is 0 Å². The van der Waals surface area contributed by atoms with Gasteiger partial charge in [0.15, 0.2) is 0 Å². The molecule has 0 bridgehead atoms. The second-order valence-electron chi connectivity index (χ2n) is 5.57. The molecule has 0 aliphatic heterocycles. The van der Waals surface area contributed by atoms with E-state index in [0.29, 0.717) is 39.3 Å². The first-order chi connectivity index (χ1) is 13.7. The Balaban J connectivity index is -0.000000350. The van der Waals surface area contributed by atoms with Crippen molar-refractivity contribution in [1.82, 2.24) is 9.80 Å². The molecule has 0 fully saturated rings. The summed E-state index contributed by atoms with van der Waals surface area (Å²) in [6, 6.07) is -1.29. The van der Waals surface area contributed by atoms with Crippen molar-refractivity contribution in [3.05, 3.63) is 0 Å². The van der Waals surface area contributed by atoms with E-state index >= 15 is 0 Å². The zero-order valence-corrected chi connectivity index (χ0v) is 16.6. The third-order valence-electron chi connectivity index (χ3n) is 3.21. The molecule has 0 spiro atoms. The maximum absolute atomic E-state index is 9.85. The third kappa shape index (κ3) is 26.6. The van der Waals surface area contributed by atoms with E-state index in [1.54, 1.807) is 9.80 Å². The predicted octanol–water partition coefficient (Wildman–Crippen LogP) is -4.60. The number of carbonyl (C=O) groups is 2. The summed E-state index contributed by atoms with van der Waals surface area (Å²) in [5.41, 5.74) is 4.84. The third-order valence-corrected chi connectivity index (χ3v) is 3.21. The highest BCUT2D eigenvalue weighted by Gasteiger charge is 2.14. The molecule has 29 heavy (non-hydrogen) atoms. The monoisotopic (exact) mass is 431 g/mol. The van der Waals surface area contributed by atoms with E-state index in [0.717, 1.165) is 0 Å². The van der Waals surface area contributed by atoms with Gasteiger partial charge < -0.3 is 46.6 Å². The van der Waals surface area contributed by atoms with E-state index in [2.05, 4.69) is 0 Å². The van der Waals surface area contributed by atoms with Crippen molar-refractivity contribution in [3.63, 3.8) is 0 Å². The van der Waals surface area contributed by atoms with Crippen molar-refractivity contribution < 1.29 is 50.4 Å². The minimum atomic E-state index is -1.29. The number of aliphatic hydroxyl groups excluding tert-OH is 6. The molecule has 0 aromatic heterocycles. The fourth-order valence-corrected chi connectivity index (χ4v) is 1.79. The molecule has 1 atom stereocenters. The van der Waals surface area contributed by atoms with Gasteiger partial charge in [0.2, 0.25) is 0 Å². The van der Waals surface area contributed by atoms with E-state index in [1.807, 2.05) is 0 Å². The molecule has 13 heteroatoms. The Kier molecular flexibility index (Phi) is 27.4. The SMILES string of the molecule is NC(CC(=O)O)C(=O)O.OCCN(CCO)CCO.OCCN(CCO)CCO. The summed E-state index contributed by atoms with van der Waals surface area (Å²) in [5.74, 6) is -2.50. The predicted molar refractivity (Wildman–Crippen MR) is 103 cm³/mol. The summed E-state index contributed by atoms with van der Waals surface area (Å²) in [4.78, 5) is 23.2. The Morgan fingerprint density at radius 1 is 0.621 bits per heavy atom. The van der Waals surface area contributed by atoms with Crippen LogP contribution in [0.4, 0.5) is 0 Å². The van der Waals surface area contributed by atoms with E-state index in [-0.39, 0.29) is 39.6 Å². The van der Waals surface area contributed by atoms with Crippen molar-refractivity contribution in [3.8, 4) is 0 Å². The molecule has 0 aromatic carbocycles. The van der Waals surface area contributed by atoms with Crippen LogP contribution in [-0.4, -0.2) is 148 Å². The normalized spacial score (nSPS) is 11.3. The van der Waals surface area contributed by atoms with Gasteiger partial charge in [-0.2, -0.15) is 0 Å². The van der Waals surface area contributed by atoms with Crippen LogP contribution < -0.4 is 5.73 Å². The largest absolute Gasteiger partial charge is 0.481 e. The Hall–Kier alpha value is -1.42. The lowest BCUT2D eigenvalue weighted by Gasteiger charge is -2.17. The number of hydrogen-bond acceptors (Lipinski definition) is 11. The van der Waals surface area contributed by atoms with Crippen LogP contribution in [0.5, 0.6) is 0 Å². The van der Waals surface area contributed by atoms with Gasteiger partial charge in [0.1, 0.15) is 6.04 Å². The summed E-state index contributed by atoms with van der Waals surface area (Å²) >= 11 is 0. The summed E-state index contributed by atoms with van der Waals surface area (Å²) in [7, 11) is 0. The summed E-state index contributed by atoms with van der Waals surface area (Å²) < 4.78 is 0. The van der Waals surface area contributed by atoms with Crippen LogP contribution in [0.15, 0.2) is 0 Å². The Morgan fingerprint density at radius 3 is 0.966 bits per heavy atom. The average molecular weight is 431 g/mol. The maximum Gasteiger partial charge on any atom is 0.321 e. The van der Waals surface area contributed by atoms with Crippen LogP contribution in [0.2, 0.25) is 0 Å². The van der Waals surface area contributed by atoms with E-state index < -0.39 is 24.4 Å². The number of nitrogens with two attached hydrogens (primary N) is 1. The fourth-order valence-electron chi connectivity index (χ4n) is 1.79. The molecule has 0 saturated heterocycles. The summed E-state index contributed by atoms with van der Waals surface area (Å²) in [6.45, 7) is 3.51. The summed E-state index contributed by atoms with van der Waals surface area (Å²) in [6.07, 6.45) is -0.532. The molecule has 1 unspecified atom stereocenters. The second kappa shape index (κ2) is 24.6. The first-order valence-corrected chi connectivity index (χ1v) is 9.03. The minimum Gasteiger partial charge on any atom is -0.481 e. The number of carboxylic acid groups (broad SMARTS) is 2. The number of hydrogen-bond donors (Lipinski definition) is 9. The van der Waals surface area contributed by atoms with Crippen molar-refractivity contribution >= 4 is 11.9 Å². The van der Waals surface area contributed by atoms with Gasteiger partial charge in [-0.15, -0.1) is 0 Å². The molecular formula is C16H37N3O10. The Morgan fingerprint density at radius 2 is 0.862 bits per heavy atom. The van der Waals surface area contributed by atoms with Crippen molar-refractivity contribution in [2.45, 2.75) is 12.5 Å². The molecule has 0 heterocycles. The second-order valence-corrected chi connectivity index (χ2v) is 5.57. The first kappa shape index (κ1) is 32.3. The lowest BCUT2D eigenvalue weighted by molar-refractivity contribution is -0.144. The molecule has 0 radical (unpaired) electrons. The van der Waals surface area contributed by atoms with E-state index in [4.69, 9.17) is 46.6 Å². The number of aliphatic hydroxyl groups is 6. The standard InChI is InChI=1S/2C6H15NO3.C4H7NO4/c2*8-4-1-7(2-5-9)3-6-10;5-2(4(8)9)1-3(6)7/h2*8-10H,1-6H2;2H,1,5H2,(H,6,7)(H,8,9). The van der Waals surface area contributed by atoms with Crippen molar-refractivity contribution in [2.24, 2.45) is 5.73 Å². The molecular weight excluding hydrogens is 394 g/mol. The Bertz CT molecular complexity index is 330. The number of nitrogens with zero attached hydrogens (tertiary/aromatic N) is 2. The molecule has 10 N–H and O–H groups in total. The zero-order valence-electron chi connectivity index (χ0n) is 16.6. The van der Waals surface area contributed by atoms with Crippen LogP contribution in [0.25, 0.3) is 0 Å². The van der Waals surface area contributed by atoms with E-state index in [1.165, 1.54) is 0 Å². The van der Waals surface area contributed by atoms with Gasteiger partial charge in [-0.05, 0) is 0 Å². The van der Waals surface area contributed by atoms with Gasteiger partial charge in [0, 0.05) is 39.3 Å². The van der Waals surface area contributed by atoms with Gasteiger partial charge in [-0.1, -0.05) is 0 Å². The molecule has 0 aromatic rings. The zero-order chi connectivity index (χ0) is 23.1. The quantitative estimate of drug-likeness (QED) is 0.119. The molecule has 0 saturated carbocycles. The molecule has 0 aliphatic carbocycles. The summed E-state index contributed by atoms with van der Waals surface area (Å²) in [5, 5.41) is 66.9. The average Bonchev–Trinajstić information content (AvgIpc) is 2.63. The molecule has 0 rings (SSSR count). The van der Waals surface area contributed by atoms with Crippen LogP contribution in [0.1, 0.15) is 6.42 Å². The van der Waals surface area contributed by atoms with E-state index in [9.17, 15) is 9.59 Å². The van der Waals surface area contributed by atoms with Crippen molar-refractivity contribution in [2.75, 3.05) is 78.9 Å². The number of carboxylic acids is 2. The Labute approximate surface area is 170 Å². The lowest BCUT2D eigenvalue weighted by Crippen LogP contribution is -2.32. The maximum atomic E-state index is 9.85. The number of rotatable bonds is 15. The van der Waals surface area contributed by atoms with Gasteiger partial charge in [0.25, 0.3) is 0 Å². The minimum absolute atomic E-state index is 0.0694. The number of aliphatic carboxylic acids is 2. The van der Waals surface area contributed by atoms with Crippen LogP contribution in [-0.2, 0) is 9.59 Å². The molecule has 0 amide bonds. The van der Waals surface area contributed by atoms with Gasteiger partial charge in [-0.3, -0.25) is 19.4 Å².